The quantitative estimate of drug-likeness (QED) is 0.386. The molecule has 0 aliphatic heterocycles. The summed E-state index contributed by atoms with van der Waals surface area (Å²) in [6.45, 7) is 2.07. The van der Waals surface area contributed by atoms with Crippen molar-refractivity contribution in [1.82, 2.24) is 0 Å². The van der Waals surface area contributed by atoms with Crippen molar-refractivity contribution in [1.29, 1.82) is 0 Å². The molecule has 0 aliphatic carbocycles. The summed E-state index contributed by atoms with van der Waals surface area (Å²) in [5, 5.41) is 5.15. The zero-order chi connectivity index (χ0) is 12.4. The van der Waals surface area contributed by atoms with E-state index in [1.165, 1.54) is 21.5 Å². The summed E-state index contributed by atoms with van der Waals surface area (Å²) in [6, 6.07) is 19.3. The van der Waals surface area contributed by atoms with E-state index in [1.807, 2.05) is 0 Å². The normalized spacial score (nSPS) is 10.3. The molecule has 0 heterocycles. The van der Waals surface area contributed by atoms with Crippen molar-refractivity contribution in [3.8, 4) is 11.8 Å². The lowest BCUT2D eigenvalue weighted by Gasteiger charge is -2.04. The predicted octanol–water partition coefficient (Wildman–Crippen LogP) is 4.75. The molecule has 0 heteroatoms. The van der Waals surface area contributed by atoms with E-state index in [0.29, 0.717) is 0 Å². The van der Waals surface area contributed by atoms with Crippen LogP contribution in [0.1, 0.15) is 18.9 Å². The van der Waals surface area contributed by atoms with Crippen LogP contribution in [0.2, 0.25) is 0 Å². The van der Waals surface area contributed by atoms with Gasteiger partial charge in [-0.05, 0) is 33.7 Å². The third-order valence-electron chi connectivity index (χ3n) is 3.16. The second kappa shape index (κ2) is 4.55. The Bertz CT molecular complexity index is 770. The molecule has 0 radical (unpaired) electrons. The SMILES string of the molecule is CCC#Cc1ccc2ccc3ccccc3c2c1. The number of benzene rings is 3. The molecule has 3 aromatic carbocycles. The van der Waals surface area contributed by atoms with Crippen LogP contribution in [0.4, 0.5) is 0 Å². The van der Waals surface area contributed by atoms with Crippen molar-refractivity contribution in [2.45, 2.75) is 13.3 Å². The average molecular weight is 230 g/mol. The standard InChI is InChI=1S/C18H14/c1-2-3-6-14-9-10-16-12-11-15-7-4-5-8-17(15)18(16)13-14/h4-5,7-13H,2H2,1H3. The summed E-state index contributed by atoms with van der Waals surface area (Å²) in [6.07, 6.45) is 0.896. The predicted molar refractivity (Wildman–Crippen MR) is 78.6 cm³/mol. The average Bonchev–Trinajstić information content (AvgIpc) is 2.45. The van der Waals surface area contributed by atoms with Crippen LogP contribution in [0.5, 0.6) is 0 Å². The topological polar surface area (TPSA) is 0 Å². The first-order valence-electron chi connectivity index (χ1n) is 6.29. The van der Waals surface area contributed by atoms with Crippen molar-refractivity contribution in [2.24, 2.45) is 0 Å². The molecule has 0 saturated carbocycles. The van der Waals surface area contributed by atoms with Crippen molar-refractivity contribution in [3.63, 3.8) is 0 Å². The van der Waals surface area contributed by atoms with Gasteiger partial charge >= 0.3 is 0 Å². The Morgan fingerprint density at radius 1 is 0.833 bits per heavy atom. The summed E-state index contributed by atoms with van der Waals surface area (Å²) >= 11 is 0. The Morgan fingerprint density at radius 3 is 2.39 bits per heavy atom. The van der Waals surface area contributed by atoms with Crippen LogP contribution in [0, 0.1) is 11.8 Å². The lowest BCUT2D eigenvalue weighted by molar-refractivity contribution is 1.28. The zero-order valence-corrected chi connectivity index (χ0v) is 10.4. The van der Waals surface area contributed by atoms with E-state index in [0.717, 1.165) is 12.0 Å². The monoisotopic (exact) mass is 230 g/mol. The van der Waals surface area contributed by atoms with E-state index in [9.17, 15) is 0 Å². The molecule has 0 nitrogen and oxygen atoms in total. The highest BCUT2D eigenvalue weighted by Crippen LogP contribution is 2.25. The first-order valence-corrected chi connectivity index (χ1v) is 6.29. The van der Waals surface area contributed by atoms with Gasteiger partial charge in [-0.15, -0.1) is 0 Å². The molecular formula is C18H14. The van der Waals surface area contributed by atoms with Gasteiger partial charge in [-0.1, -0.05) is 61.2 Å². The number of rotatable bonds is 0. The van der Waals surface area contributed by atoms with E-state index in [1.54, 1.807) is 0 Å². The van der Waals surface area contributed by atoms with Gasteiger partial charge in [-0.25, -0.2) is 0 Å². The third kappa shape index (κ3) is 1.85. The summed E-state index contributed by atoms with van der Waals surface area (Å²) in [4.78, 5) is 0. The Kier molecular flexibility index (Phi) is 2.74. The molecule has 3 rings (SSSR count). The van der Waals surface area contributed by atoms with Crippen LogP contribution in [-0.2, 0) is 0 Å². The summed E-state index contributed by atoms with van der Waals surface area (Å²) < 4.78 is 0. The maximum Gasteiger partial charge on any atom is 0.0251 e. The molecule has 0 unspecified atom stereocenters. The van der Waals surface area contributed by atoms with Crippen LogP contribution < -0.4 is 0 Å². The fourth-order valence-corrected chi connectivity index (χ4v) is 2.27. The molecule has 0 saturated heterocycles. The van der Waals surface area contributed by atoms with Gasteiger partial charge in [-0.3, -0.25) is 0 Å². The van der Waals surface area contributed by atoms with Crippen molar-refractivity contribution in [2.75, 3.05) is 0 Å². The first kappa shape index (κ1) is 10.9. The van der Waals surface area contributed by atoms with E-state index in [-0.39, 0.29) is 0 Å². The lowest BCUT2D eigenvalue weighted by atomic mass is 10.0. The minimum atomic E-state index is 0.896. The van der Waals surface area contributed by atoms with E-state index in [2.05, 4.69) is 73.4 Å². The molecule has 0 fully saturated rings. The Labute approximate surface area is 107 Å². The van der Waals surface area contributed by atoms with E-state index in [4.69, 9.17) is 0 Å². The molecule has 0 amide bonds. The number of hydrogen-bond acceptors (Lipinski definition) is 0. The number of hydrogen-bond donors (Lipinski definition) is 0. The Balaban J connectivity index is 2.33. The summed E-state index contributed by atoms with van der Waals surface area (Å²) in [7, 11) is 0. The van der Waals surface area contributed by atoms with Gasteiger partial charge in [0.15, 0.2) is 0 Å². The second-order valence-electron chi connectivity index (χ2n) is 4.38. The van der Waals surface area contributed by atoms with Crippen LogP contribution in [0.25, 0.3) is 21.5 Å². The Morgan fingerprint density at radius 2 is 1.56 bits per heavy atom. The van der Waals surface area contributed by atoms with E-state index < -0.39 is 0 Å². The van der Waals surface area contributed by atoms with Gasteiger partial charge in [0, 0.05) is 12.0 Å². The minimum absolute atomic E-state index is 0.896. The fourth-order valence-electron chi connectivity index (χ4n) is 2.27. The highest BCUT2D eigenvalue weighted by molar-refractivity contribution is 6.07. The molecule has 0 spiro atoms. The van der Waals surface area contributed by atoms with Gasteiger partial charge in [0.25, 0.3) is 0 Å². The lowest BCUT2D eigenvalue weighted by Crippen LogP contribution is -1.80. The van der Waals surface area contributed by atoms with Crippen molar-refractivity contribution >= 4 is 21.5 Å². The van der Waals surface area contributed by atoms with Crippen molar-refractivity contribution in [3.05, 3.63) is 60.2 Å². The highest BCUT2D eigenvalue weighted by Gasteiger charge is 2.00. The number of fused-ring (bicyclic) bond motifs is 3. The summed E-state index contributed by atoms with van der Waals surface area (Å²) in [5.74, 6) is 6.33. The molecule has 0 N–H and O–H groups in total. The van der Waals surface area contributed by atoms with Gasteiger partial charge in [0.2, 0.25) is 0 Å². The van der Waals surface area contributed by atoms with Gasteiger partial charge in [-0.2, -0.15) is 0 Å². The summed E-state index contributed by atoms with van der Waals surface area (Å²) in [5.41, 5.74) is 1.10. The maximum absolute atomic E-state index is 3.20. The fraction of sp³-hybridized carbons (Fsp3) is 0.111. The van der Waals surface area contributed by atoms with Gasteiger partial charge in [0.1, 0.15) is 0 Å². The molecular weight excluding hydrogens is 216 g/mol. The van der Waals surface area contributed by atoms with Crippen LogP contribution in [0.3, 0.4) is 0 Å². The molecule has 0 bridgehead atoms. The molecule has 0 aliphatic rings. The molecule has 0 atom stereocenters. The zero-order valence-electron chi connectivity index (χ0n) is 10.4. The molecule has 18 heavy (non-hydrogen) atoms. The van der Waals surface area contributed by atoms with Gasteiger partial charge < -0.3 is 0 Å². The van der Waals surface area contributed by atoms with Crippen LogP contribution in [0.15, 0.2) is 54.6 Å². The largest absolute Gasteiger partial charge is 0.0982 e. The van der Waals surface area contributed by atoms with E-state index >= 15 is 0 Å². The third-order valence-corrected chi connectivity index (χ3v) is 3.16. The maximum atomic E-state index is 3.20. The smallest absolute Gasteiger partial charge is 0.0251 e. The Hall–Kier alpha value is -2.26. The molecule has 86 valence electrons. The second-order valence-corrected chi connectivity index (χ2v) is 4.38. The van der Waals surface area contributed by atoms with Gasteiger partial charge in [0.05, 0.1) is 0 Å². The van der Waals surface area contributed by atoms with Crippen LogP contribution >= 0.6 is 0 Å². The highest BCUT2D eigenvalue weighted by atomic mass is 14.0. The minimum Gasteiger partial charge on any atom is -0.0982 e. The first-order chi connectivity index (χ1) is 8.88. The molecule has 0 aromatic heterocycles. The van der Waals surface area contributed by atoms with Crippen molar-refractivity contribution < 1.29 is 0 Å². The van der Waals surface area contributed by atoms with Crippen LogP contribution in [-0.4, -0.2) is 0 Å². The molecule has 3 aromatic rings.